The summed E-state index contributed by atoms with van der Waals surface area (Å²) in [6, 6.07) is 10.4. The molecule has 2 saturated heterocycles. The van der Waals surface area contributed by atoms with Crippen molar-refractivity contribution >= 4 is 18.1 Å². The van der Waals surface area contributed by atoms with Crippen LogP contribution >= 0.6 is 0 Å². The quantitative estimate of drug-likeness (QED) is 0.396. The first-order valence-corrected chi connectivity index (χ1v) is 14.2. The van der Waals surface area contributed by atoms with Crippen LogP contribution in [0.1, 0.15) is 38.3 Å². The van der Waals surface area contributed by atoms with E-state index < -0.39 is 65.5 Å². The summed E-state index contributed by atoms with van der Waals surface area (Å²) in [5.41, 5.74) is 0.121. The fraction of sp³-hybridized carbons (Fsp3) is 0.469. The van der Waals surface area contributed by atoms with E-state index in [2.05, 4.69) is 6.58 Å². The van der Waals surface area contributed by atoms with Gasteiger partial charge in [-0.3, -0.25) is 9.69 Å². The molecule has 1 N–H and O–H groups in total. The molecule has 3 amide bonds. The predicted octanol–water partition coefficient (Wildman–Crippen LogP) is 4.66. The molecule has 2 aromatic rings. The van der Waals surface area contributed by atoms with E-state index in [0.29, 0.717) is 12.5 Å². The fourth-order valence-corrected chi connectivity index (χ4v) is 5.56. The lowest BCUT2D eigenvalue weighted by atomic mass is 9.87. The second kappa shape index (κ2) is 13.6. The highest BCUT2D eigenvalue weighted by molar-refractivity contribution is 5.95. The maximum Gasteiger partial charge on any atom is 0.416 e. The second-order valence-corrected chi connectivity index (χ2v) is 11.9. The minimum atomic E-state index is -1.56. The van der Waals surface area contributed by atoms with Gasteiger partial charge in [0.05, 0.1) is 43.4 Å². The van der Waals surface area contributed by atoms with Crippen LogP contribution < -0.4 is 0 Å². The molecule has 0 bridgehead atoms. The highest BCUT2D eigenvalue weighted by Crippen LogP contribution is 2.32. The van der Waals surface area contributed by atoms with Crippen LogP contribution in [-0.4, -0.2) is 82.7 Å². The summed E-state index contributed by atoms with van der Waals surface area (Å²) in [5, 5.41) is 11.9. The zero-order valence-electron chi connectivity index (χ0n) is 24.6. The minimum absolute atomic E-state index is 0.0538. The van der Waals surface area contributed by atoms with Crippen molar-refractivity contribution in [2.45, 2.75) is 69.9 Å². The average molecular weight is 601 g/mol. The zero-order valence-corrected chi connectivity index (χ0v) is 24.6. The number of aliphatic hydroxyl groups excluding tert-OH is 1. The number of aliphatic hydroxyl groups is 1. The third-order valence-electron chi connectivity index (χ3n) is 7.40. The highest BCUT2D eigenvalue weighted by atomic mass is 19.1. The lowest BCUT2D eigenvalue weighted by Gasteiger charge is -2.35. The van der Waals surface area contributed by atoms with Gasteiger partial charge in [0.15, 0.2) is 0 Å². The van der Waals surface area contributed by atoms with Crippen LogP contribution in [-0.2, 0) is 31.8 Å². The number of nitrogens with zero attached hydrogens (tertiary/aromatic N) is 2. The molecule has 11 heteroatoms. The molecule has 0 aromatic heterocycles. The lowest BCUT2D eigenvalue weighted by molar-refractivity contribution is -0.138. The Morgan fingerprint density at radius 3 is 2.44 bits per heavy atom. The molecule has 232 valence electrons. The number of likely N-dealkylation sites (tertiary alicyclic amines) is 1. The summed E-state index contributed by atoms with van der Waals surface area (Å²) in [4.78, 5) is 42.6. The number of carbonyl (C=O) groups is 3. The number of rotatable bonds is 10. The summed E-state index contributed by atoms with van der Waals surface area (Å²) < 4.78 is 45.0. The Labute approximate surface area is 250 Å². The van der Waals surface area contributed by atoms with E-state index in [-0.39, 0.29) is 38.2 Å². The number of ether oxygens (including phenoxy) is 3. The van der Waals surface area contributed by atoms with Gasteiger partial charge in [0.1, 0.15) is 23.8 Å². The van der Waals surface area contributed by atoms with Gasteiger partial charge in [-0.25, -0.2) is 23.3 Å². The Morgan fingerprint density at radius 1 is 1.14 bits per heavy atom. The van der Waals surface area contributed by atoms with Gasteiger partial charge in [0, 0.05) is 6.07 Å². The normalized spacial score (nSPS) is 21.8. The van der Waals surface area contributed by atoms with E-state index in [9.17, 15) is 28.3 Å². The van der Waals surface area contributed by atoms with Crippen molar-refractivity contribution in [1.29, 1.82) is 0 Å². The molecule has 0 radical (unpaired) electrons. The SMILES string of the molecule is C=CCOC1CC([C@@H](O)[C@H](Cc2cc(F)cc(F)c2)C(=O)N2C(=O)OC[C@@H]2Cc2ccccc2)N(C(=O)OC(C)(C)C)C1. The number of benzene rings is 2. The van der Waals surface area contributed by atoms with Gasteiger partial charge in [0.2, 0.25) is 5.91 Å². The molecule has 0 aliphatic carbocycles. The third-order valence-corrected chi connectivity index (χ3v) is 7.40. The molecule has 2 heterocycles. The van der Waals surface area contributed by atoms with Crippen LogP contribution in [0.3, 0.4) is 0 Å². The maximum absolute atomic E-state index is 14.2. The zero-order chi connectivity index (χ0) is 31.3. The van der Waals surface area contributed by atoms with Gasteiger partial charge in [-0.15, -0.1) is 6.58 Å². The number of hydrogen-bond donors (Lipinski definition) is 1. The van der Waals surface area contributed by atoms with Gasteiger partial charge >= 0.3 is 12.2 Å². The van der Waals surface area contributed by atoms with E-state index in [1.54, 1.807) is 26.8 Å². The predicted molar refractivity (Wildman–Crippen MR) is 153 cm³/mol. The van der Waals surface area contributed by atoms with E-state index in [0.717, 1.165) is 22.6 Å². The Morgan fingerprint density at radius 2 is 1.81 bits per heavy atom. The second-order valence-electron chi connectivity index (χ2n) is 11.9. The number of hydrogen-bond acceptors (Lipinski definition) is 7. The monoisotopic (exact) mass is 600 g/mol. The molecule has 2 fully saturated rings. The van der Waals surface area contributed by atoms with E-state index in [1.165, 1.54) is 4.90 Å². The maximum atomic E-state index is 14.2. The lowest BCUT2D eigenvalue weighted by Crippen LogP contribution is -2.53. The molecule has 5 atom stereocenters. The van der Waals surface area contributed by atoms with Crippen molar-refractivity contribution in [3.8, 4) is 0 Å². The molecule has 9 nitrogen and oxygen atoms in total. The van der Waals surface area contributed by atoms with Gasteiger partial charge in [-0.05, 0) is 63.3 Å². The molecule has 0 spiro atoms. The van der Waals surface area contributed by atoms with Crippen molar-refractivity contribution in [1.82, 2.24) is 9.80 Å². The van der Waals surface area contributed by atoms with Gasteiger partial charge in [-0.1, -0.05) is 36.4 Å². The molecule has 4 rings (SSSR count). The molecular formula is C32H38F2N2O7. The van der Waals surface area contributed by atoms with Crippen LogP contribution in [0.2, 0.25) is 0 Å². The van der Waals surface area contributed by atoms with Crippen molar-refractivity contribution in [2.75, 3.05) is 19.8 Å². The summed E-state index contributed by atoms with van der Waals surface area (Å²) in [5.74, 6) is -3.86. The van der Waals surface area contributed by atoms with E-state index in [1.807, 2.05) is 30.3 Å². The topological polar surface area (TPSA) is 106 Å². The highest BCUT2D eigenvalue weighted by Gasteiger charge is 2.49. The molecule has 2 aromatic carbocycles. The van der Waals surface area contributed by atoms with Gasteiger partial charge in [-0.2, -0.15) is 0 Å². The largest absolute Gasteiger partial charge is 0.447 e. The van der Waals surface area contributed by atoms with E-state index >= 15 is 0 Å². The number of halogens is 2. The molecular weight excluding hydrogens is 562 g/mol. The van der Waals surface area contributed by atoms with Gasteiger partial charge < -0.3 is 19.3 Å². The number of imide groups is 1. The Kier molecular flexibility index (Phi) is 10.2. The number of amides is 3. The molecule has 43 heavy (non-hydrogen) atoms. The summed E-state index contributed by atoms with van der Waals surface area (Å²) in [7, 11) is 0. The smallest absolute Gasteiger partial charge is 0.416 e. The van der Waals surface area contributed by atoms with Crippen LogP contribution in [0.5, 0.6) is 0 Å². The van der Waals surface area contributed by atoms with Crippen molar-refractivity contribution < 1.29 is 42.5 Å². The van der Waals surface area contributed by atoms with E-state index in [4.69, 9.17) is 14.2 Å². The van der Waals surface area contributed by atoms with Crippen molar-refractivity contribution in [3.05, 3.63) is 83.9 Å². The fourth-order valence-electron chi connectivity index (χ4n) is 5.56. The van der Waals surface area contributed by atoms with Crippen LogP contribution in [0.25, 0.3) is 0 Å². The average Bonchev–Trinajstić information content (AvgIpc) is 3.52. The van der Waals surface area contributed by atoms with Crippen LogP contribution in [0, 0.1) is 17.6 Å². The Hall–Kier alpha value is -3.83. The first-order chi connectivity index (χ1) is 20.4. The van der Waals surface area contributed by atoms with Gasteiger partial charge in [0.25, 0.3) is 0 Å². The van der Waals surface area contributed by atoms with Crippen molar-refractivity contribution in [3.63, 3.8) is 0 Å². The molecule has 0 saturated carbocycles. The third kappa shape index (κ3) is 8.17. The number of carbonyl (C=O) groups excluding carboxylic acids is 3. The standard InChI is InChI=1S/C32H38F2N2O7/c1-5-11-41-25-17-27(35(18-25)30(39)43-32(2,3)4)28(37)26(15-21-12-22(33)16-23(34)13-21)29(38)36-24(19-42-31(36)40)14-20-9-7-6-8-10-20/h5-10,12-13,16,24-28,37H,1,11,14-15,17-19H2,2-4H3/t24-,25?,26-,27?,28-/m0/s1. The Bertz CT molecular complexity index is 1300. The minimum Gasteiger partial charge on any atom is -0.447 e. The molecule has 2 aliphatic rings. The summed E-state index contributed by atoms with van der Waals surface area (Å²) in [6.07, 6.45) is -1.97. The first kappa shape index (κ1) is 32.1. The molecule has 2 aliphatic heterocycles. The van der Waals surface area contributed by atoms with Crippen LogP contribution in [0.15, 0.2) is 61.2 Å². The number of cyclic esters (lactones) is 1. The van der Waals surface area contributed by atoms with Crippen molar-refractivity contribution in [2.24, 2.45) is 5.92 Å². The van der Waals surface area contributed by atoms with Crippen LogP contribution in [0.4, 0.5) is 18.4 Å². The Balaban J connectivity index is 1.68. The molecule has 2 unspecified atom stereocenters. The summed E-state index contributed by atoms with van der Waals surface area (Å²) in [6.45, 7) is 8.97. The first-order valence-electron chi connectivity index (χ1n) is 14.2. The summed E-state index contributed by atoms with van der Waals surface area (Å²) >= 11 is 0.